The zero-order valence-corrected chi connectivity index (χ0v) is 27.0. The second-order valence-electron chi connectivity index (χ2n) is 9.62. The predicted molar refractivity (Wildman–Crippen MR) is 185 cm³/mol. The highest BCUT2D eigenvalue weighted by atomic mass is 32.2. The summed E-state index contributed by atoms with van der Waals surface area (Å²) in [5, 5.41) is 0. The molecule has 0 N–H and O–H groups in total. The van der Waals surface area contributed by atoms with E-state index >= 15 is 0 Å². The average molecular weight is 645 g/mol. The van der Waals surface area contributed by atoms with Gasteiger partial charge in [0, 0.05) is 49.9 Å². The van der Waals surface area contributed by atoms with Crippen molar-refractivity contribution in [3.05, 3.63) is 150 Å². The molecule has 0 fully saturated rings. The van der Waals surface area contributed by atoms with Gasteiger partial charge in [0.1, 0.15) is 19.0 Å². The molecule has 230 valence electrons. The van der Waals surface area contributed by atoms with E-state index < -0.39 is 11.9 Å². The van der Waals surface area contributed by atoms with E-state index in [1.807, 2.05) is 84.9 Å². The van der Waals surface area contributed by atoms with Gasteiger partial charge in [-0.15, -0.1) is 11.8 Å². The van der Waals surface area contributed by atoms with Gasteiger partial charge in [0.25, 0.3) is 0 Å². The summed E-state index contributed by atoms with van der Waals surface area (Å²) < 4.78 is 16.1. The molecule has 0 aliphatic rings. The molecular weight excluding hydrogens is 613 g/mol. The monoisotopic (exact) mass is 644 g/mol. The number of benzene rings is 4. The number of rotatable bonds is 12. The first-order valence-electron chi connectivity index (χ1n) is 14.5. The number of carbonyl (C=O) groups is 2. The first-order chi connectivity index (χ1) is 22.4. The maximum Gasteiger partial charge on any atom is 0.342 e. The van der Waals surface area contributed by atoms with E-state index in [9.17, 15) is 9.59 Å². The summed E-state index contributed by atoms with van der Waals surface area (Å²) in [5.41, 5.74) is 5.77. The number of hydrogen-bond acceptors (Lipinski definition) is 7. The van der Waals surface area contributed by atoms with Crippen LogP contribution >= 0.6 is 23.8 Å². The predicted octanol–water partition coefficient (Wildman–Crippen LogP) is 8.19. The van der Waals surface area contributed by atoms with E-state index in [1.54, 1.807) is 11.8 Å². The van der Waals surface area contributed by atoms with E-state index in [0.717, 1.165) is 73.5 Å². The fraction of sp³-hybridized carbons (Fsp3) is 0.128. The third-order valence-electron chi connectivity index (χ3n) is 6.35. The Hall–Kier alpha value is -5.08. The lowest BCUT2D eigenvalue weighted by atomic mass is 10.1. The fourth-order valence-electron chi connectivity index (χ4n) is 3.92. The summed E-state index contributed by atoms with van der Waals surface area (Å²) in [6.07, 6.45) is 3.12. The molecule has 46 heavy (non-hydrogen) atoms. The Bertz CT molecular complexity index is 1790. The summed E-state index contributed by atoms with van der Waals surface area (Å²) in [6.45, 7) is 9.66. The van der Waals surface area contributed by atoms with Crippen molar-refractivity contribution in [3.63, 3.8) is 0 Å². The zero-order chi connectivity index (χ0) is 32.6. The Morgan fingerprint density at radius 1 is 0.717 bits per heavy atom. The maximum absolute atomic E-state index is 11.2. The van der Waals surface area contributed by atoms with E-state index in [2.05, 4.69) is 49.8 Å². The molecule has 4 aromatic carbocycles. The van der Waals surface area contributed by atoms with Crippen molar-refractivity contribution in [1.29, 1.82) is 0 Å². The zero-order valence-electron chi connectivity index (χ0n) is 25.4. The molecule has 0 amide bonds. The molecule has 0 aliphatic carbocycles. The number of carbonyl (C=O) groups excluding carboxylic acids is 2. The summed E-state index contributed by atoms with van der Waals surface area (Å²) in [6, 6.07) is 29.5. The quantitative estimate of drug-likeness (QED) is 0.0385. The van der Waals surface area contributed by atoms with Gasteiger partial charge in [-0.25, -0.2) is 9.59 Å². The lowest BCUT2D eigenvalue weighted by molar-refractivity contribution is -0.137. The van der Waals surface area contributed by atoms with Gasteiger partial charge in [-0.05, 0) is 96.4 Å². The lowest BCUT2D eigenvalue weighted by Gasteiger charge is -2.11. The second-order valence-corrected chi connectivity index (χ2v) is 11.6. The van der Waals surface area contributed by atoms with Crippen LogP contribution in [0.3, 0.4) is 0 Å². The SMILES string of the molecule is C=CC(=O)OCCSc1ccc(C#Cc2ccc(OCc3ccc(C#Cc4ccc(SOC(=O)C=C)cc4)cc3)c(CC)c2)cc1. The molecule has 7 heteroatoms. The van der Waals surface area contributed by atoms with Crippen LogP contribution in [0.25, 0.3) is 0 Å². The largest absolute Gasteiger partial charge is 0.489 e. The highest BCUT2D eigenvalue weighted by Gasteiger charge is 2.05. The molecule has 4 rings (SSSR count). The Morgan fingerprint density at radius 2 is 1.26 bits per heavy atom. The van der Waals surface area contributed by atoms with Crippen molar-refractivity contribution in [3.8, 4) is 29.4 Å². The number of hydrogen-bond donors (Lipinski definition) is 0. The maximum atomic E-state index is 11.2. The van der Waals surface area contributed by atoms with Crippen molar-refractivity contribution in [2.24, 2.45) is 0 Å². The van der Waals surface area contributed by atoms with Crippen molar-refractivity contribution in [1.82, 2.24) is 0 Å². The molecule has 0 unspecified atom stereocenters. The first kappa shape index (κ1) is 33.8. The minimum Gasteiger partial charge on any atom is -0.489 e. The van der Waals surface area contributed by atoms with Gasteiger partial charge in [-0.2, -0.15) is 0 Å². The standard InChI is InChI=1S/C39H32O5S2/c1-4-34-27-32(12-9-31-15-20-35(21-16-31)45-26-25-42-38(40)5-2)19-24-37(34)43-28-33-13-10-29(11-14-33)7-8-30-17-22-36(23-18-30)46-44-39(41)6-3/h5-6,10-11,13-24,27H,2-4,25-26,28H2,1H3. The average Bonchev–Trinajstić information content (AvgIpc) is 3.11. The van der Waals surface area contributed by atoms with Crippen molar-refractivity contribution in [2.75, 3.05) is 12.4 Å². The van der Waals surface area contributed by atoms with Crippen LogP contribution in [0.4, 0.5) is 0 Å². The molecule has 0 heterocycles. The molecule has 4 aromatic rings. The van der Waals surface area contributed by atoms with Crippen LogP contribution in [0, 0.1) is 23.7 Å². The smallest absolute Gasteiger partial charge is 0.342 e. The van der Waals surface area contributed by atoms with E-state index in [1.165, 1.54) is 6.08 Å². The van der Waals surface area contributed by atoms with Gasteiger partial charge in [-0.1, -0.05) is 55.9 Å². The minimum absolute atomic E-state index is 0.343. The van der Waals surface area contributed by atoms with Gasteiger partial charge < -0.3 is 13.7 Å². The summed E-state index contributed by atoms with van der Waals surface area (Å²) >= 11 is 2.61. The fourth-order valence-corrected chi connectivity index (χ4v) is 5.15. The molecule has 0 atom stereocenters. The van der Waals surface area contributed by atoms with Crippen LogP contribution in [0.2, 0.25) is 0 Å². The molecule has 0 aromatic heterocycles. The van der Waals surface area contributed by atoms with E-state index in [4.69, 9.17) is 13.7 Å². The summed E-state index contributed by atoms with van der Waals surface area (Å²) in [4.78, 5) is 24.2. The molecule has 5 nitrogen and oxygen atoms in total. The summed E-state index contributed by atoms with van der Waals surface area (Å²) in [5.74, 6) is 13.5. The third kappa shape index (κ3) is 11.1. The van der Waals surface area contributed by atoms with Crippen LogP contribution in [0.1, 0.15) is 40.3 Å². The Balaban J connectivity index is 1.28. The molecule has 0 saturated heterocycles. The number of thioether (sulfide) groups is 1. The number of ether oxygens (including phenoxy) is 2. The molecule has 0 radical (unpaired) electrons. The van der Waals surface area contributed by atoms with Gasteiger partial charge >= 0.3 is 11.9 Å². The minimum atomic E-state index is -0.480. The van der Waals surface area contributed by atoms with Crippen LogP contribution in [-0.4, -0.2) is 24.3 Å². The van der Waals surface area contributed by atoms with Gasteiger partial charge in [0.15, 0.2) is 0 Å². The van der Waals surface area contributed by atoms with Crippen molar-refractivity contribution >= 4 is 35.7 Å². The highest BCUT2D eigenvalue weighted by Crippen LogP contribution is 2.23. The lowest BCUT2D eigenvalue weighted by Crippen LogP contribution is -2.03. The van der Waals surface area contributed by atoms with Crippen LogP contribution in [0.5, 0.6) is 5.75 Å². The van der Waals surface area contributed by atoms with Crippen LogP contribution in [-0.2, 0) is 31.5 Å². The van der Waals surface area contributed by atoms with E-state index in [0.29, 0.717) is 19.0 Å². The Kier molecular flexibility index (Phi) is 13.2. The van der Waals surface area contributed by atoms with Gasteiger partial charge in [-0.3, -0.25) is 0 Å². The summed E-state index contributed by atoms with van der Waals surface area (Å²) in [7, 11) is 0. The Labute approximate surface area is 279 Å². The highest BCUT2D eigenvalue weighted by molar-refractivity contribution is 7.99. The molecule has 0 aliphatic heterocycles. The van der Waals surface area contributed by atoms with E-state index in [-0.39, 0.29) is 0 Å². The number of esters is 1. The second kappa shape index (κ2) is 18.0. The van der Waals surface area contributed by atoms with Crippen molar-refractivity contribution < 1.29 is 23.2 Å². The van der Waals surface area contributed by atoms with Crippen molar-refractivity contribution in [2.45, 2.75) is 29.7 Å². The third-order valence-corrected chi connectivity index (χ3v) is 8.04. The first-order valence-corrected chi connectivity index (χ1v) is 16.2. The molecule has 0 saturated carbocycles. The topological polar surface area (TPSA) is 61.8 Å². The molecule has 0 bridgehead atoms. The van der Waals surface area contributed by atoms with Crippen LogP contribution in [0.15, 0.2) is 126 Å². The Morgan fingerprint density at radius 3 is 1.85 bits per heavy atom. The van der Waals surface area contributed by atoms with Gasteiger partial charge in [0.05, 0.1) is 12.0 Å². The van der Waals surface area contributed by atoms with Crippen LogP contribution < -0.4 is 4.74 Å². The number of aryl methyl sites for hydroxylation is 1. The molecular formula is C39H32O5S2. The molecule has 0 spiro atoms. The van der Waals surface area contributed by atoms with Gasteiger partial charge in [0.2, 0.25) is 0 Å². The normalized spacial score (nSPS) is 9.93.